The number of benzene rings is 1. The second-order valence-corrected chi connectivity index (χ2v) is 5.25. The van der Waals surface area contributed by atoms with Gasteiger partial charge in [0.25, 0.3) is 0 Å². The van der Waals surface area contributed by atoms with Crippen molar-refractivity contribution in [3.05, 3.63) is 24.3 Å². The predicted octanol–water partition coefficient (Wildman–Crippen LogP) is 0.774. The number of rotatable bonds is 7. The highest BCUT2D eigenvalue weighted by atomic mass is 16.5. The van der Waals surface area contributed by atoms with Crippen LogP contribution in [0.3, 0.4) is 0 Å². The van der Waals surface area contributed by atoms with Gasteiger partial charge < -0.3 is 20.3 Å². The van der Waals surface area contributed by atoms with Crippen LogP contribution in [0.2, 0.25) is 0 Å². The lowest BCUT2D eigenvalue weighted by atomic mass is 10.1. The lowest BCUT2D eigenvalue weighted by Gasteiger charge is -2.17. The van der Waals surface area contributed by atoms with Crippen molar-refractivity contribution in [1.29, 1.82) is 0 Å². The molecule has 1 saturated heterocycles. The van der Waals surface area contributed by atoms with Crippen molar-refractivity contribution in [3.63, 3.8) is 0 Å². The number of nitrogens with zero attached hydrogens (tertiary/aromatic N) is 1. The Hall–Kier alpha value is -2.08. The van der Waals surface area contributed by atoms with Gasteiger partial charge in [-0.1, -0.05) is 6.92 Å². The van der Waals surface area contributed by atoms with Crippen LogP contribution in [0.15, 0.2) is 24.3 Å². The zero-order valence-corrected chi connectivity index (χ0v) is 13.1. The van der Waals surface area contributed by atoms with Gasteiger partial charge >= 0.3 is 0 Å². The summed E-state index contributed by atoms with van der Waals surface area (Å²) in [5.41, 5.74) is 0.800. The molecule has 1 aliphatic rings. The number of likely N-dealkylation sites (N-methyl/N-ethyl adjacent to an activating group) is 1. The van der Waals surface area contributed by atoms with E-state index in [0.29, 0.717) is 13.1 Å². The number of hydrogen-bond donors (Lipinski definition) is 2. The third-order valence-electron chi connectivity index (χ3n) is 3.73. The molecule has 6 heteroatoms. The summed E-state index contributed by atoms with van der Waals surface area (Å²) in [5.74, 6) is 0.392. The Morgan fingerprint density at radius 1 is 1.32 bits per heavy atom. The van der Waals surface area contributed by atoms with E-state index < -0.39 is 0 Å². The molecule has 1 unspecified atom stereocenters. The van der Waals surface area contributed by atoms with Gasteiger partial charge in [-0.2, -0.15) is 0 Å². The van der Waals surface area contributed by atoms with E-state index in [9.17, 15) is 9.59 Å². The van der Waals surface area contributed by atoms with Crippen molar-refractivity contribution in [3.8, 4) is 5.75 Å². The number of nitrogens with one attached hydrogen (secondary N) is 2. The average molecular weight is 305 g/mol. The largest absolute Gasteiger partial charge is 0.497 e. The predicted molar refractivity (Wildman–Crippen MR) is 85.0 cm³/mol. The number of amides is 2. The van der Waals surface area contributed by atoms with Gasteiger partial charge in [0, 0.05) is 31.7 Å². The van der Waals surface area contributed by atoms with E-state index in [2.05, 4.69) is 10.6 Å². The molecule has 6 nitrogen and oxygen atoms in total. The van der Waals surface area contributed by atoms with Crippen LogP contribution in [0.25, 0.3) is 0 Å². The van der Waals surface area contributed by atoms with Crippen LogP contribution in [-0.4, -0.2) is 45.1 Å². The quantitative estimate of drug-likeness (QED) is 0.730. The van der Waals surface area contributed by atoms with Gasteiger partial charge in [0.05, 0.1) is 13.0 Å². The molecule has 0 bridgehead atoms. The molecule has 22 heavy (non-hydrogen) atoms. The molecular weight excluding hydrogens is 282 g/mol. The summed E-state index contributed by atoms with van der Waals surface area (Å²) in [6, 6.07) is 7.29. The molecule has 2 amide bonds. The summed E-state index contributed by atoms with van der Waals surface area (Å²) < 4.78 is 5.11. The van der Waals surface area contributed by atoms with Crippen LogP contribution >= 0.6 is 0 Å². The molecular formula is C16H23N3O3. The molecule has 1 atom stereocenters. The number of hydrogen-bond acceptors (Lipinski definition) is 4. The van der Waals surface area contributed by atoms with Gasteiger partial charge in [0.1, 0.15) is 5.75 Å². The summed E-state index contributed by atoms with van der Waals surface area (Å²) in [7, 11) is 1.60. The van der Waals surface area contributed by atoms with Crippen molar-refractivity contribution in [2.45, 2.75) is 13.3 Å². The molecule has 0 aromatic heterocycles. The highest BCUT2D eigenvalue weighted by Gasteiger charge is 2.34. The third-order valence-corrected chi connectivity index (χ3v) is 3.73. The fourth-order valence-electron chi connectivity index (χ4n) is 2.49. The highest BCUT2D eigenvalue weighted by molar-refractivity contribution is 6.00. The molecule has 0 aliphatic carbocycles. The Morgan fingerprint density at radius 2 is 2.05 bits per heavy atom. The summed E-state index contributed by atoms with van der Waals surface area (Å²) in [4.78, 5) is 25.9. The van der Waals surface area contributed by atoms with Crippen LogP contribution in [0.5, 0.6) is 5.75 Å². The topological polar surface area (TPSA) is 70.7 Å². The number of methoxy groups -OCH3 is 1. The van der Waals surface area contributed by atoms with Crippen molar-refractivity contribution in [1.82, 2.24) is 10.6 Å². The Kier molecular flexibility index (Phi) is 5.77. The maximum Gasteiger partial charge on any atom is 0.227 e. The second-order valence-electron chi connectivity index (χ2n) is 5.25. The summed E-state index contributed by atoms with van der Waals surface area (Å²) >= 11 is 0. The van der Waals surface area contributed by atoms with E-state index in [-0.39, 0.29) is 24.2 Å². The monoisotopic (exact) mass is 305 g/mol. The molecule has 1 aromatic rings. The summed E-state index contributed by atoms with van der Waals surface area (Å²) in [6.45, 7) is 4.65. The standard InChI is InChI=1S/C16H23N3O3/c1-3-17-8-9-18-16(21)12-10-15(20)19(11-12)13-4-6-14(22-2)7-5-13/h4-7,12,17H,3,8-11H2,1-2H3,(H,18,21). The van der Waals surface area contributed by atoms with Gasteiger partial charge in [-0.3, -0.25) is 9.59 Å². The van der Waals surface area contributed by atoms with Crippen LogP contribution in [-0.2, 0) is 9.59 Å². The van der Waals surface area contributed by atoms with Crippen molar-refractivity contribution < 1.29 is 14.3 Å². The number of anilines is 1. The molecule has 1 aromatic carbocycles. The van der Waals surface area contributed by atoms with Gasteiger partial charge in [-0.05, 0) is 30.8 Å². The second kappa shape index (κ2) is 7.79. The van der Waals surface area contributed by atoms with Crippen LogP contribution in [0, 0.1) is 5.92 Å². The molecule has 1 heterocycles. The lowest BCUT2D eigenvalue weighted by molar-refractivity contribution is -0.126. The zero-order chi connectivity index (χ0) is 15.9. The number of ether oxygens (including phenoxy) is 1. The minimum atomic E-state index is -0.281. The molecule has 0 radical (unpaired) electrons. The van der Waals surface area contributed by atoms with Crippen molar-refractivity contribution >= 4 is 17.5 Å². The molecule has 2 rings (SSSR count). The maximum absolute atomic E-state index is 12.1. The van der Waals surface area contributed by atoms with Crippen LogP contribution in [0.1, 0.15) is 13.3 Å². The van der Waals surface area contributed by atoms with E-state index >= 15 is 0 Å². The summed E-state index contributed by atoms with van der Waals surface area (Å²) in [5, 5.41) is 6.01. The minimum Gasteiger partial charge on any atom is -0.497 e. The van der Waals surface area contributed by atoms with E-state index in [1.165, 1.54) is 0 Å². The van der Waals surface area contributed by atoms with E-state index in [1.54, 1.807) is 12.0 Å². The van der Waals surface area contributed by atoms with Gasteiger partial charge in [0.2, 0.25) is 11.8 Å². The van der Waals surface area contributed by atoms with Crippen molar-refractivity contribution in [2.24, 2.45) is 5.92 Å². The van der Waals surface area contributed by atoms with E-state index in [4.69, 9.17) is 4.74 Å². The molecule has 0 spiro atoms. The molecule has 1 fully saturated rings. The van der Waals surface area contributed by atoms with Crippen LogP contribution in [0.4, 0.5) is 5.69 Å². The fourth-order valence-corrected chi connectivity index (χ4v) is 2.49. The Bertz CT molecular complexity index is 516. The molecule has 2 N–H and O–H groups in total. The molecule has 120 valence electrons. The van der Waals surface area contributed by atoms with Crippen LogP contribution < -0.4 is 20.3 Å². The van der Waals surface area contributed by atoms with Gasteiger partial charge in [-0.25, -0.2) is 0 Å². The first-order valence-electron chi connectivity index (χ1n) is 7.58. The van der Waals surface area contributed by atoms with Gasteiger partial charge in [0.15, 0.2) is 0 Å². The lowest BCUT2D eigenvalue weighted by Crippen LogP contribution is -2.37. The first-order valence-corrected chi connectivity index (χ1v) is 7.58. The first kappa shape index (κ1) is 16.3. The fraction of sp³-hybridized carbons (Fsp3) is 0.500. The van der Waals surface area contributed by atoms with E-state index in [0.717, 1.165) is 24.5 Å². The number of carbonyl (C=O) groups excluding carboxylic acids is 2. The first-order chi connectivity index (χ1) is 10.7. The average Bonchev–Trinajstić information content (AvgIpc) is 2.93. The number of carbonyl (C=O) groups is 2. The minimum absolute atomic E-state index is 0.0167. The smallest absolute Gasteiger partial charge is 0.227 e. The Balaban J connectivity index is 1.90. The highest BCUT2D eigenvalue weighted by Crippen LogP contribution is 2.26. The Morgan fingerprint density at radius 3 is 2.68 bits per heavy atom. The van der Waals surface area contributed by atoms with Gasteiger partial charge in [-0.15, -0.1) is 0 Å². The zero-order valence-electron chi connectivity index (χ0n) is 13.1. The molecule has 0 saturated carbocycles. The third kappa shape index (κ3) is 3.98. The SMILES string of the molecule is CCNCCNC(=O)C1CC(=O)N(c2ccc(OC)cc2)C1. The maximum atomic E-state index is 12.1. The van der Waals surface area contributed by atoms with Crippen molar-refractivity contribution in [2.75, 3.05) is 38.2 Å². The normalized spacial score (nSPS) is 17.6. The van der Waals surface area contributed by atoms with E-state index in [1.807, 2.05) is 31.2 Å². The summed E-state index contributed by atoms with van der Waals surface area (Å²) in [6.07, 6.45) is 0.263. The Labute approximate surface area is 130 Å². The molecule has 1 aliphatic heterocycles.